The van der Waals surface area contributed by atoms with Crippen LogP contribution in [0, 0.1) is 5.82 Å². The molecule has 0 aromatic heterocycles. The highest BCUT2D eigenvalue weighted by Gasteiger charge is 2.32. The molecule has 2 rings (SSSR count). The third kappa shape index (κ3) is 3.30. The van der Waals surface area contributed by atoms with Gasteiger partial charge >= 0.3 is 0 Å². The lowest BCUT2D eigenvalue weighted by molar-refractivity contribution is -0.00461. The van der Waals surface area contributed by atoms with Gasteiger partial charge in [-0.1, -0.05) is 12.1 Å². The molecular formula is C14H21FN2O2. The molecule has 1 fully saturated rings. The standard InChI is InChI=1S/C14H21FN2O2/c1-18-13-8-17(9-14(13)19-2)7-10-3-4-12(15)11(5-10)6-16/h3-5,13-14H,6-9,16H2,1-2H3. The van der Waals surface area contributed by atoms with Crippen molar-refractivity contribution in [2.24, 2.45) is 5.73 Å². The Labute approximate surface area is 113 Å². The first-order valence-electron chi connectivity index (χ1n) is 6.43. The van der Waals surface area contributed by atoms with Crippen LogP contribution in [0.15, 0.2) is 18.2 Å². The van der Waals surface area contributed by atoms with E-state index in [4.69, 9.17) is 15.2 Å². The predicted octanol–water partition coefficient (Wildman–Crippen LogP) is 1.13. The summed E-state index contributed by atoms with van der Waals surface area (Å²) in [7, 11) is 3.40. The average molecular weight is 268 g/mol. The Morgan fingerprint density at radius 1 is 1.26 bits per heavy atom. The SMILES string of the molecule is COC1CN(Cc2ccc(F)c(CN)c2)CC1OC. The Kier molecular flexibility index (Phi) is 4.87. The van der Waals surface area contributed by atoms with Crippen molar-refractivity contribution >= 4 is 0 Å². The maximum atomic E-state index is 13.4. The average Bonchev–Trinajstić information content (AvgIpc) is 2.83. The number of benzene rings is 1. The van der Waals surface area contributed by atoms with Gasteiger partial charge in [-0.15, -0.1) is 0 Å². The fourth-order valence-corrected chi connectivity index (χ4v) is 2.54. The minimum absolute atomic E-state index is 0.0967. The zero-order valence-electron chi connectivity index (χ0n) is 11.4. The molecule has 1 saturated heterocycles. The topological polar surface area (TPSA) is 47.7 Å². The summed E-state index contributed by atoms with van der Waals surface area (Å²) in [4.78, 5) is 2.25. The molecule has 5 heteroatoms. The predicted molar refractivity (Wildman–Crippen MR) is 71.2 cm³/mol. The Bertz CT molecular complexity index is 416. The second kappa shape index (κ2) is 6.43. The number of likely N-dealkylation sites (tertiary alicyclic amines) is 1. The highest BCUT2D eigenvalue weighted by Crippen LogP contribution is 2.19. The summed E-state index contributed by atoms with van der Waals surface area (Å²) >= 11 is 0. The summed E-state index contributed by atoms with van der Waals surface area (Å²) < 4.78 is 24.2. The van der Waals surface area contributed by atoms with Gasteiger partial charge in [-0.05, 0) is 11.6 Å². The van der Waals surface area contributed by atoms with E-state index in [1.54, 1.807) is 20.3 Å². The van der Waals surface area contributed by atoms with Crippen LogP contribution in [0.4, 0.5) is 4.39 Å². The van der Waals surface area contributed by atoms with Gasteiger partial charge in [0.05, 0.1) is 12.2 Å². The molecule has 0 spiro atoms. The van der Waals surface area contributed by atoms with Gasteiger partial charge in [-0.25, -0.2) is 4.39 Å². The van der Waals surface area contributed by atoms with E-state index in [0.29, 0.717) is 5.56 Å². The van der Waals surface area contributed by atoms with Gasteiger partial charge < -0.3 is 15.2 Å². The molecule has 2 N–H and O–H groups in total. The van der Waals surface area contributed by atoms with Crippen molar-refractivity contribution in [1.29, 1.82) is 0 Å². The number of methoxy groups -OCH3 is 2. The van der Waals surface area contributed by atoms with Gasteiger partial charge in [0.25, 0.3) is 0 Å². The minimum atomic E-state index is -0.239. The van der Waals surface area contributed by atoms with Crippen LogP contribution in [-0.4, -0.2) is 44.4 Å². The number of nitrogens with two attached hydrogens (primary N) is 1. The second-order valence-corrected chi connectivity index (χ2v) is 4.87. The number of nitrogens with zero attached hydrogens (tertiary/aromatic N) is 1. The van der Waals surface area contributed by atoms with Crippen LogP contribution >= 0.6 is 0 Å². The molecule has 2 unspecified atom stereocenters. The Hall–Kier alpha value is -1.01. The first kappa shape index (κ1) is 14.4. The molecule has 106 valence electrons. The molecule has 19 heavy (non-hydrogen) atoms. The molecule has 2 atom stereocenters. The molecular weight excluding hydrogens is 247 g/mol. The molecule has 1 aliphatic heterocycles. The van der Waals surface area contributed by atoms with Crippen LogP contribution in [0.3, 0.4) is 0 Å². The van der Waals surface area contributed by atoms with Crippen molar-refractivity contribution in [3.63, 3.8) is 0 Å². The summed E-state index contributed by atoms with van der Waals surface area (Å²) in [6.07, 6.45) is 0.193. The smallest absolute Gasteiger partial charge is 0.127 e. The summed E-state index contributed by atoms with van der Waals surface area (Å²) in [6, 6.07) is 5.11. The fraction of sp³-hybridized carbons (Fsp3) is 0.571. The van der Waals surface area contributed by atoms with Crippen LogP contribution in [0.5, 0.6) is 0 Å². The van der Waals surface area contributed by atoms with Crippen molar-refractivity contribution in [3.05, 3.63) is 35.1 Å². The lowest BCUT2D eigenvalue weighted by Crippen LogP contribution is -2.27. The van der Waals surface area contributed by atoms with Gasteiger partial charge in [-0.3, -0.25) is 4.90 Å². The molecule has 0 radical (unpaired) electrons. The van der Waals surface area contributed by atoms with E-state index in [1.165, 1.54) is 6.07 Å². The van der Waals surface area contributed by atoms with E-state index in [9.17, 15) is 4.39 Å². The number of hydrogen-bond donors (Lipinski definition) is 1. The van der Waals surface area contributed by atoms with E-state index < -0.39 is 0 Å². The summed E-state index contributed by atoms with van der Waals surface area (Å²) in [5.74, 6) is -0.239. The van der Waals surface area contributed by atoms with Gasteiger partial charge in [0.15, 0.2) is 0 Å². The zero-order valence-corrected chi connectivity index (χ0v) is 11.4. The highest BCUT2D eigenvalue weighted by molar-refractivity contribution is 5.25. The van der Waals surface area contributed by atoms with Gasteiger partial charge in [-0.2, -0.15) is 0 Å². The molecule has 1 aromatic rings. The van der Waals surface area contributed by atoms with Crippen LogP contribution in [-0.2, 0) is 22.6 Å². The number of halogens is 1. The monoisotopic (exact) mass is 268 g/mol. The van der Waals surface area contributed by atoms with E-state index in [0.717, 1.165) is 25.2 Å². The first-order valence-corrected chi connectivity index (χ1v) is 6.43. The third-order valence-corrected chi connectivity index (χ3v) is 3.63. The molecule has 4 nitrogen and oxygen atoms in total. The Morgan fingerprint density at radius 3 is 2.42 bits per heavy atom. The molecule has 0 bridgehead atoms. The van der Waals surface area contributed by atoms with Crippen molar-refractivity contribution < 1.29 is 13.9 Å². The maximum Gasteiger partial charge on any atom is 0.127 e. The summed E-state index contributed by atoms with van der Waals surface area (Å²) in [6.45, 7) is 2.63. The normalized spacial score (nSPS) is 24.0. The van der Waals surface area contributed by atoms with Gasteiger partial charge in [0, 0.05) is 46.0 Å². The number of ether oxygens (including phenoxy) is 2. The summed E-state index contributed by atoms with van der Waals surface area (Å²) in [5, 5.41) is 0. The Morgan fingerprint density at radius 2 is 1.89 bits per heavy atom. The van der Waals surface area contributed by atoms with Crippen molar-refractivity contribution in [2.45, 2.75) is 25.3 Å². The van der Waals surface area contributed by atoms with Crippen molar-refractivity contribution in [3.8, 4) is 0 Å². The van der Waals surface area contributed by atoms with E-state index >= 15 is 0 Å². The third-order valence-electron chi connectivity index (χ3n) is 3.63. The molecule has 1 aromatic carbocycles. The van der Waals surface area contributed by atoms with Gasteiger partial charge in [0.1, 0.15) is 5.82 Å². The summed E-state index contributed by atoms with van der Waals surface area (Å²) in [5.41, 5.74) is 7.14. The number of rotatable bonds is 5. The molecule has 0 saturated carbocycles. The first-order chi connectivity index (χ1) is 9.17. The lowest BCUT2D eigenvalue weighted by atomic mass is 10.1. The highest BCUT2D eigenvalue weighted by atomic mass is 19.1. The zero-order chi connectivity index (χ0) is 13.8. The molecule has 0 aliphatic carbocycles. The van der Waals surface area contributed by atoms with Crippen LogP contribution in [0.2, 0.25) is 0 Å². The maximum absolute atomic E-state index is 13.4. The van der Waals surface area contributed by atoms with E-state index in [1.807, 2.05) is 6.07 Å². The van der Waals surface area contributed by atoms with Gasteiger partial charge in [0.2, 0.25) is 0 Å². The Balaban J connectivity index is 2.02. The lowest BCUT2D eigenvalue weighted by Gasteiger charge is -2.15. The minimum Gasteiger partial charge on any atom is -0.377 e. The second-order valence-electron chi connectivity index (χ2n) is 4.87. The molecule has 1 aliphatic rings. The number of hydrogen-bond acceptors (Lipinski definition) is 4. The fourth-order valence-electron chi connectivity index (χ4n) is 2.54. The van der Waals surface area contributed by atoms with Crippen LogP contribution in [0.1, 0.15) is 11.1 Å². The van der Waals surface area contributed by atoms with E-state index in [2.05, 4.69) is 4.90 Å². The van der Waals surface area contributed by atoms with Crippen molar-refractivity contribution in [1.82, 2.24) is 4.90 Å². The van der Waals surface area contributed by atoms with E-state index in [-0.39, 0.29) is 24.6 Å². The quantitative estimate of drug-likeness (QED) is 0.869. The molecule has 1 heterocycles. The van der Waals surface area contributed by atoms with Crippen LogP contribution in [0.25, 0.3) is 0 Å². The van der Waals surface area contributed by atoms with Crippen LogP contribution < -0.4 is 5.73 Å². The largest absolute Gasteiger partial charge is 0.377 e. The molecule has 0 amide bonds. The van der Waals surface area contributed by atoms with Crippen molar-refractivity contribution in [2.75, 3.05) is 27.3 Å².